The van der Waals surface area contributed by atoms with E-state index in [1.54, 1.807) is 17.4 Å². The molecule has 0 radical (unpaired) electrons. The lowest BCUT2D eigenvalue weighted by Crippen LogP contribution is -2.06. The summed E-state index contributed by atoms with van der Waals surface area (Å²) in [7, 11) is 0. The van der Waals surface area contributed by atoms with Crippen LogP contribution < -0.4 is 11.1 Å². The molecule has 0 atom stereocenters. The lowest BCUT2D eigenvalue weighted by atomic mass is 10.2. The lowest BCUT2D eigenvalue weighted by Gasteiger charge is -2.08. The van der Waals surface area contributed by atoms with Gasteiger partial charge in [-0.1, -0.05) is 0 Å². The van der Waals surface area contributed by atoms with E-state index < -0.39 is 0 Å². The van der Waals surface area contributed by atoms with Crippen LogP contribution in [0, 0.1) is 5.82 Å². The molecule has 0 aliphatic heterocycles. The first-order valence-electron chi connectivity index (χ1n) is 5.05. The SMILES string of the molecule is Nc1cc(F)ccc1NCCc1ccsc1. The fourth-order valence-electron chi connectivity index (χ4n) is 1.47. The summed E-state index contributed by atoms with van der Waals surface area (Å²) in [5.74, 6) is -0.305. The number of hydrogen-bond donors (Lipinski definition) is 2. The molecule has 1 aromatic heterocycles. The Kier molecular flexibility index (Phi) is 3.41. The molecule has 0 saturated heterocycles. The molecule has 1 aromatic carbocycles. The van der Waals surface area contributed by atoms with Crippen LogP contribution in [0.5, 0.6) is 0 Å². The van der Waals surface area contributed by atoms with Crippen molar-refractivity contribution in [3.63, 3.8) is 0 Å². The number of hydrogen-bond acceptors (Lipinski definition) is 3. The van der Waals surface area contributed by atoms with E-state index in [4.69, 9.17) is 5.73 Å². The molecule has 0 amide bonds. The van der Waals surface area contributed by atoms with E-state index in [-0.39, 0.29) is 5.82 Å². The van der Waals surface area contributed by atoms with E-state index in [0.29, 0.717) is 5.69 Å². The molecule has 0 unspecified atom stereocenters. The summed E-state index contributed by atoms with van der Waals surface area (Å²) in [5.41, 5.74) is 8.22. The number of nitrogen functional groups attached to an aromatic ring is 1. The predicted molar refractivity (Wildman–Crippen MR) is 67.3 cm³/mol. The van der Waals surface area contributed by atoms with Gasteiger partial charge in [-0.2, -0.15) is 11.3 Å². The standard InChI is InChI=1S/C12H13FN2S/c13-10-1-2-12(11(14)7-10)15-5-3-9-4-6-16-8-9/h1-2,4,6-8,15H,3,5,14H2. The minimum atomic E-state index is -0.305. The number of thiophene rings is 1. The van der Waals surface area contributed by atoms with Crippen molar-refractivity contribution in [1.82, 2.24) is 0 Å². The van der Waals surface area contributed by atoms with Crippen LogP contribution in [0.2, 0.25) is 0 Å². The molecule has 84 valence electrons. The molecule has 2 aromatic rings. The molecule has 0 spiro atoms. The molecule has 1 heterocycles. The van der Waals surface area contributed by atoms with Gasteiger partial charge in [0.2, 0.25) is 0 Å². The van der Waals surface area contributed by atoms with E-state index in [2.05, 4.69) is 22.1 Å². The van der Waals surface area contributed by atoms with Gasteiger partial charge in [-0.25, -0.2) is 4.39 Å². The van der Waals surface area contributed by atoms with E-state index in [9.17, 15) is 4.39 Å². The molecule has 0 aliphatic rings. The second-order valence-corrected chi connectivity index (χ2v) is 4.32. The number of rotatable bonds is 4. The molecule has 16 heavy (non-hydrogen) atoms. The van der Waals surface area contributed by atoms with E-state index >= 15 is 0 Å². The summed E-state index contributed by atoms with van der Waals surface area (Å²) in [4.78, 5) is 0. The Labute approximate surface area is 97.9 Å². The average Bonchev–Trinajstić information content (AvgIpc) is 2.74. The summed E-state index contributed by atoms with van der Waals surface area (Å²) in [6.45, 7) is 0.798. The first-order valence-corrected chi connectivity index (χ1v) is 6.00. The first kappa shape index (κ1) is 11.0. The van der Waals surface area contributed by atoms with Gasteiger partial charge in [0.25, 0.3) is 0 Å². The van der Waals surface area contributed by atoms with Crippen molar-refractivity contribution in [3.05, 3.63) is 46.4 Å². The van der Waals surface area contributed by atoms with Crippen LogP contribution in [0.25, 0.3) is 0 Å². The maximum Gasteiger partial charge on any atom is 0.125 e. The Morgan fingerprint density at radius 2 is 2.19 bits per heavy atom. The molecule has 4 heteroatoms. The Morgan fingerprint density at radius 1 is 1.31 bits per heavy atom. The number of anilines is 2. The molecule has 3 N–H and O–H groups in total. The van der Waals surface area contributed by atoms with Crippen LogP contribution >= 0.6 is 11.3 Å². The van der Waals surface area contributed by atoms with Crippen LogP contribution in [0.15, 0.2) is 35.0 Å². The highest BCUT2D eigenvalue weighted by molar-refractivity contribution is 7.07. The third-order valence-corrected chi connectivity index (χ3v) is 3.05. The fraction of sp³-hybridized carbons (Fsp3) is 0.167. The van der Waals surface area contributed by atoms with Gasteiger partial charge in [0.15, 0.2) is 0 Å². The second kappa shape index (κ2) is 4.99. The monoisotopic (exact) mass is 236 g/mol. The third-order valence-electron chi connectivity index (χ3n) is 2.32. The summed E-state index contributed by atoms with van der Waals surface area (Å²) >= 11 is 1.69. The molecule has 2 rings (SSSR count). The average molecular weight is 236 g/mol. The van der Waals surface area contributed by atoms with Crippen molar-refractivity contribution in [2.45, 2.75) is 6.42 Å². The van der Waals surface area contributed by atoms with Crippen molar-refractivity contribution in [2.75, 3.05) is 17.6 Å². The van der Waals surface area contributed by atoms with Gasteiger partial charge >= 0.3 is 0 Å². The summed E-state index contributed by atoms with van der Waals surface area (Å²) < 4.78 is 12.8. The fourth-order valence-corrected chi connectivity index (χ4v) is 2.17. The maximum absolute atomic E-state index is 12.8. The molecule has 0 fully saturated rings. The minimum Gasteiger partial charge on any atom is -0.397 e. The summed E-state index contributed by atoms with van der Waals surface area (Å²) in [6, 6.07) is 6.49. The quantitative estimate of drug-likeness (QED) is 0.800. The van der Waals surface area contributed by atoms with Gasteiger partial charge in [-0.3, -0.25) is 0 Å². The number of nitrogens with one attached hydrogen (secondary N) is 1. The predicted octanol–water partition coefficient (Wildman–Crippen LogP) is 3.12. The van der Waals surface area contributed by atoms with Crippen molar-refractivity contribution in [2.24, 2.45) is 0 Å². The zero-order valence-electron chi connectivity index (χ0n) is 8.74. The first-order chi connectivity index (χ1) is 7.75. The highest BCUT2D eigenvalue weighted by Gasteiger charge is 2.00. The normalized spacial score (nSPS) is 10.3. The number of benzene rings is 1. The van der Waals surface area contributed by atoms with Gasteiger partial charge in [-0.05, 0) is 47.0 Å². The smallest absolute Gasteiger partial charge is 0.125 e. The largest absolute Gasteiger partial charge is 0.397 e. The highest BCUT2D eigenvalue weighted by atomic mass is 32.1. The Hall–Kier alpha value is -1.55. The number of nitrogens with two attached hydrogens (primary N) is 1. The topological polar surface area (TPSA) is 38.0 Å². The molecule has 0 bridgehead atoms. The Morgan fingerprint density at radius 3 is 2.88 bits per heavy atom. The summed E-state index contributed by atoms with van der Waals surface area (Å²) in [5, 5.41) is 7.37. The van der Waals surface area contributed by atoms with Crippen molar-refractivity contribution < 1.29 is 4.39 Å². The molecule has 2 nitrogen and oxygen atoms in total. The molecular weight excluding hydrogens is 223 g/mol. The van der Waals surface area contributed by atoms with Crippen molar-refractivity contribution in [3.8, 4) is 0 Å². The van der Waals surface area contributed by atoms with E-state index in [0.717, 1.165) is 18.7 Å². The van der Waals surface area contributed by atoms with E-state index in [1.165, 1.54) is 17.7 Å². The minimum absolute atomic E-state index is 0.305. The van der Waals surface area contributed by atoms with Crippen LogP contribution in [-0.2, 0) is 6.42 Å². The molecular formula is C12H13FN2S. The van der Waals surface area contributed by atoms with Crippen molar-refractivity contribution in [1.29, 1.82) is 0 Å². The van der Waals surface area contributed by atoms with Crippen molar-refractivity contribution >= 4 is 22.7 Å². The van der Waals surface area contributed by atoms with Gasteiger partial charge in [0.05, 0.1) is 11.4 Å². The Bertz CT molecular complexity index is 454. The maximum atomic E-state index is 12.8. The second-order valence-electron chi connectivity index (χ2n) is 3.54. The zero-order chi connectivity index (χ0) is 11.4. The Balaban J connectivity index is 1.90. The molecule has 0 saturated carbocycles. The van der Waals surface area contributed by atoms with Crippen LogP contribution in [-0.4, -0.2) is 6.54 Å². The number of halogens is 1. The molecule has 0 aliphatic carbocycles. The van der Waals surface area contributed by atoms with E-state index in [1.807, 2.05) is 0 Å². The van der Waals surface area contributed by atoms with Crippen LogP contribution in [0.1, 0.15) is 5.56 Å². The third kappa shape index (κ3) is 2.73. The summed E-state index contributed by atoms with van der Waals surface area (Å²) in [6.07, 6.45) is 0.945. The van der Waals surface area contributed by atoms with Crippen LogP contribution in [0.3, 0.4) is 0 Å². The highest BCUT2D eigenvalue weighted by Crippen LogP contribution is 2.19. The van der Waals surface area contributed by atoms with Gasteiger partial charge < -0.3 is 11.1 Å². The van der Waals surface area contributed by atoms with Gasteiger partial charge in [0.1, 0.15) is 5.82 Å². The van der Waals surface area contributed by atoms with Gasteiger partial charge in [-0.15, -0.1) is 0 Å². The lowest BCUT2D eigenvalue weighted by molar-refractivity contribution is 0.628. The van der Waals surface area contributed by atoms with Crippen LogP contribution in [0.4, 0.5) is 15.8 Å². The zero-order valence-corrected chi connectivity index (χ0v) is 9.56. The van der Waals surface area contributed by atoms with Gasteiger partial charge in [0, 0.05) is 6.54 Å².